The average Bonchev–Trinajstić information content (AvgIpc) is 3.44. The summed E-state index contributed by atoms with van der Waals surface area (Å²) in [5.74, 6) is -0.563. The Labute approximate surface area is 203 Å². The summed E-state index contributed by atoms with van der Waals surface area (Å²) in [7, 11) is 0. The van der Waals surface area contributed by atoms with E-state index in [1.54, 1.807) is 6.07 Å². The smallest absolute Gasteiger partial charge is 0.254 e. The van der Waals surface area contributed by atoms with Gasteiger partial charge in [-0.2, -0.15) is 5.26 Å². The van der Waals surface area contributed by atoms with Crippen molar-refractivity contribution < 1.29 is 13.9 Å². The Morgan fingerprint density at radius 2 is 1.66 bits per heavy atom. The molecule has 35 heavy (non-hydrogen) atoms. The molecule has 6 heteroatoms. The maximum atomic E-state index is 14.6. The number of halogens is 1. The number of nitriles is 1. The number of hydrogen-bond acceptors (Lipinski definition) is 4. The summed E-state index contributed by atoms with van der Waals surface area (Å²) in [6.45, 7) is 1.18. The quantitative estimate of drug-likeness (QED) is 0.577. The van der Waals surface area contributed by atoms with Gasteiger partial charge in [-0.15, -0.1) is 0 Å². The van der Waals surface area contributed by atoms with Gasteiger partial charge in [0.05, 0.1) is 18.8 Å². The van der Waals surface area contributed by atoms with Crippen molar-refractivity contribution in [3.8, 4) is 28.3 Å². The molecule has 2 atom stereocenters. The molecule has 2 unspecified atom stereocenters. The molecule has 0 saturated carbocycles. The first kappa shape index (κ1) is 22.0. The fourth-order valence-corrected chi connectivity index (χ4v) is 5.98. The number of rotatable bonds is 3. The number of fused-ring (bicyclic) bond motifs is 3. The molecular weight excluding hydrogens is 441 g/mol. The van der Waals surface area contributed by atoms with Gasteiger partial charge in [0, 0.05) is 23.7 Å². The minimum absolute atomic E-state index is 0.00144. The standard InChI is InChI=1S/C29H26FN3O2/c30-28-11-18(1-3-20(28)14-31)27-10-19(29(34)33-24-6-7-25(33)13-23(32)12-24)5-8-26(27)17-2-4-21-15-35-16-22(21)9-17/h1-5,8-11,23-25H,6-7,12-13,15-16,32H2. The number of ether oxygens (including phenoxy) is 1. The van der Waals surface area contributed by atoms with Gasteiger partial charge in [-0.05, 0) is 89.4 Å². The monoisotopic (exact) mass is 467 g/mol. The number of carbonyl (C=O) groups is 1. The zero-order valence-electron chi connectivity index (χ0n) is 19.3. The number of carbonyl (C=O) groups excluding carboxylic acids is 1. The highest BCUT2D eigenvalue weighted by Crippen LogP contribution is 2.39. The Morgan fingerprint density at radius 3 is 2.40 bits per heavy atom. The molecule has 3 heterocycles. The van der Waals surface area contributed by atoms with Crippen LogP contribution in [0.3, 0.4) is 0 Å². The van der Waals surface area contributed by atoms with Crippen LogP contribution in [0, 0.1) is 17.1 Å². The van der Waals surface area contributed by atoms with Gasteiger partial charge in [-0.3, -0.25) is 4.79 Å². The van der Waals surface area contributed by atoms with Gasteiger partial charge in [0.15, 0.2) is 0 Å². The van der Waals surface area contributed by atoms with Crippen LogP contribution < -0.4 is 5.73 Å². The summed E-state index contributed by atoms with van der Waals surface area (Å²) in [4.78, 5) is 15.7. The number of hydrogen-bond donors (Lipinski definition) is 1. The van der Waals surface area contributed by atoms with Gasteiger partial charge in [0.2, 0.25) is 0 Å². The molecule has 0 spiro atoms. The molecule has 3 aromatic rings. The van der Waals surface area contributed by atoms with Gasteiger partial charge in [0.25, 0.3) is 5.91 Å². The number of benzene rings is 3. The largest absolute Gasteiger partial charge is 0.372 e. The minimum Gasteiger partial charge on any atom is -0.372 e. The number of nitrogens with zero attached hydrogens (tertiary/aromatic N) is 2. The summed E-state index contributed by atoms with van der Waals surface area (Å²) in [6.07, 6.45) is 3.66. The molecule has 0 aliphatic carbocycles. The maximum absolute atomic E-state index is 14.6. The summed E-state index contributed by atoms with van der Waals surface area (Å²) in [6, 6.07) is 18.9. The van der Waals surface area contributed by atoms with Crippen LogP contribution in [-0.4, -0.2) is 28.9 Å². The number of nitrogens with two attached hydrogens (primary N) is 1. The number of amides is 1. The second-order valence-electron chi connectivity index (χ2n) is 9.87. The Hall–Kier alpha value is -3.53. The van der Waals surface area contributed by atoms with Crippen LogP contribution >= 0.6 is 0 Å². The van der Waals surface area contributed by atoms with Crippen LogP contribution in [0.4, 0.5) is 4.39 Å². The van der Waals surface area contributed by atoms with Crippen molar-refractivity contribution in [3.05, 3.63) is 82.7 Å². The van der Waals surface area contributed by atoms with Crippen molar-refractivity contribution in [2.24, 2.45) is 5.73 Å². The summed E-state index contributed by atoms with van der Waals surface area (Å²) >= 11 is 0. The predicted molar refractivity (Wildman–Crippen MR) is 131 cm³/mol. The molecule has 0 radical (unpaired) electrons. The van der Waals surface area contributed by atoms with E-state index in [1.165, 1.54) is 17.7 Å². The van der Waals surface area contributed by atoms with Crippen molar-refractivity contribution in [2.75, 3.05) is 0 Å². The molecule has 176 valence electrons. The third-order valence-electron chi connectivity index (χ3n) is 7.70. The van der Waals surface area contributed by atoms with Crippen molar-refractivity contribution in [1.29, 1.82) is 5.26 Å². The lowest BCUT2D eigenvalue weighted by molar-refractivity contribution is 0.0575. The zero-order chi connectivity index (χ0) is 24.1. The Kier molecular flexibility index (Phi) is 5.40. The molecule has 2 N–H and O–H groups in total. The van der Waals surface area contributed by atoms with E-state index in [1.807, 2.05) is 35.2 Å². The first-order chi connectivity index (χ1) is 17.0. The fourth-order valence-electron chi connectivity index (χ4n) is 5.98. The van der Waals surface area contributed by atoms with Crippen molar-refractivity contribution in [1.82, 2.24) is 4.90 Å². The molecule has 2 bridgehead atoms. The van der Waals surface area contributed by atoms with Crippen LogP contribution in [0.15, 0.2) is 54.6 Å². The summed E-state index contributed by atoms with van der Waals surface area (Å²) in [5, 5.41) is 9.18. The molecule has 5 nitrogen and oxygen atoms in total. The highest BCUT2D eigenvalue weighted by Gasteiger charge is 2.42. The van der Waals surface area contributed by atoms with Crippen molar-refractivity contribution in [2.45, 2.75) is 57.0 Å². The van der Waals surface area contributed by atoms with E-state index in [-0.39, 0.29) is 29.6 Å². The lowest BCUT2D eigenvalue weighted by Crippen LogP contribution is -2.50. The Bertz CT molecular complexity index is 1360. The van der Waals surface area contributed by atoms with Crippen LogP contribution in [-0.2, 0) is 18.0 Å². The predicted octanol–water partition coefficient (Wildman–Crippen LogP) is 5.16. The highest BCUT2D eigenvalue weighted by atomic mass is 19.1. The van der Waals surface area contributed by atoms with E-state index in [0.717, 1.165) is 47.9 Å². The molecule has 0 aromatic heterocycles. The van der Waals surface area contributed by atoms with Crippen LogP contribution in [0.25, 0.3) is 22.3 Å². The molecule has 6 rings (SSSR count). The molecule has 3 aliphatic rings. The van der Waals surface area contributed by atoms with E-state index in [9.17, 15) is 14.4 Å². The minimum atomic E-state index is -0.571. The SMILES string of the molecule is N#Cc1ccc(-c2cc(C(=O)N3C4CCC3CC(N)C4)ccc2-c2ccc3c(c2)COC3)cc1F. The van der Waals surface area contributed by atoms with Gasteiger partial charge >= 0.3 is 0 Å². The molecule has 3 aliphatic heterocycles. The van der Waals surface area contributed by atoms with Gasteiger partial charge in [-0.1, -0.05) is 24.3 Å². The van der Waals surface area contributed by atoms with E-state index in [4.69, 9.17) is 10.5 Å². The molecular formula is C29H26FN3O2. The second kappa shape index (κ2) is 8.60. The van der Waals surface area contributed by atoms with Crippen LogP contribution in [0.1, 0.15) is 52.7 Å². The number of piperidine rings is 1. The lowest BCUT2D eigenvalue weighted by Gasteiger charge is -2.38. The lowest BCUT2D eigenvalue weighted by atomic mass is 9.90. The maximum Gasteiger partial charge on any atom is 0.254 e. The normalized spacial score (nSPS) is 22.7. The van der Waals surface area contributed by atoms with E-state index < -0.39 is 5.82 Å². The first-order valence-electron chi connectivity index (χ1n) is 12.1. The Morgan fingerprint density at radius 1 is 0.943 bits per heavy atom. The molecule has 2 fully saturated rings. The van der Waals surface area contributed by atoms with Gasteiger partial charge < -0.3 is 15.4 Å². The summed E-state index contributed by atoms with van der Waals surface area (Å²) < 4.78 is 20.2. The van der Waals surface area contributed by atoms with E-state index in [2.05, 4.69) is 12.1 Å². The zero-order valence-corrected chi connectivity index (χ0v) is 19.3. The molecule has 1 amide bonds. The van der Waals surface area contributed by atoms with Crippen molar-refractivity contribution in [3.63, 3.8) is 0 Å². The average molecular weight is 468 g/mol. The van der Waals surface area contributed by atoms with Gasteiger partial charge in [-0.25, -0.2) is 4.39 Å². The molecule has 2 saturated heterocycles. The third kappa shape index (κ3) is 3.81. The fraction of sp³-hybridized carbons (Fsp3) is 0.310. The van der Waals surface area contributed by atoms with Gasteiger partial charge in [0.1, 0.15) is 11.9 Å². The molecule has 3 aromatic carbocycles. The van der Waals surface area contributed by atoms with Crippen LogP contribution in [0.5, 0.6) is 0 Å². The van der Waals surface area contributed by atoms with Crippen LogP contribution in [0.2, 0.25) is 0 Å². The van der Waals surface area contributed by atoms with Crippen molar-refractivity contribution >= 4 is 5.91 Å². The highest BCUT2D eigenvalue weighted by molar-refractivity contribution is 5.98. The van der Waals surface area contributed by atoms with E-state index in [0.29, 0.717) is 24.3 Å². The summed E-state index contributed by atoms with van der Waals surface area (Å²) in [5.41, 5.74) is 12.4. The topological polar surface area (TPSA) is 79.4 Å². The Balaban J connectivity index is 1.45. The first-order valence-corrected chi connectivity index (χ1v) is 12.1. The third-order valence-corrected chi connectivity index (χ3v) is 7.70. The van der Waals surface area contributed by atoms with E-state index >= 15 is 0 Å². The second-order valence-corrected chi connectivity index (χ2v) is 9.87.